The molecule has 1 N–H and O–H groups in total. The van der Waals surface area contributed by atoms with Gasteiger partial charge in [-0.1, -0.05) is 12.1 Å². The Morgan fingerprint density at radius 1 is 1.41 bits per heavy atom. The van der Waals surface area contributed by atoms with E-state index < -0.39 is 0 Å². The zero-order chi connectivity index (χ0) is 11.7. The monoisotopic (exact) mass is 245 g/mol. The molecule has 0 radical (unpaired) electrons. The van der Waals surface area contributed by atoms with Crippen LogP contribution in [0, 0.1) is 0 Å². The lowest BCUT2D eigenvalue weighted by Crippen LogP contribution is -2.24. The summed E-state index contributed by atoms with van der Waals surface area (Å²) in [4.78, 5) is 12.3. The number of nitrogens with one attached hydrogen (secondary N) is 1. The van der Waals surface area contributed by atoms with E-state index in [2.05, 4.69) is 22.8 Å². The molecule has 0 saturated carbocycles. The number of ketones is 1. The van der Waals surface area contributed by atoms with Crippen molar-refractivity contribution < 1.29 is 4.79 Å². The quantitative estimate of drug-likeness (QED) is 0.841. The molecule has 0 aliphatic carbocycles. The van der Waals surface area contributed by atoms with Gasteiger partial charge in [-0.2, -0.15) is 0 Å². The van der Waals surface area contributed by atoms with Gasteiger partial charge >= 0.3 is 0 Å². The first-order chi connectivity index (χ1) is 8.34. The Morgan fingerprint density at radius 3 is 3.18 bits per heavy atom. The summed E-state index contributed by atoms with van der Waals surface area (Å²) >= 11 is 1.66. The normalized spacial score (nSPS) is 19.9. The van der Waals surface area contributed by atoms with Gasteiger partial charge in [0.1, 0.15) is 0 Å². The molecule has 1 aromatic heterocycles. The number of fused-ring (bicyclic) bond motifs is 1. The van der Waals surface area contributed by atoms with E-state index in [1.54, 1.807) is 11.3 Å². The SMILES string of the molecule is O=C(CC1CCCN1)c1cccc2ccsc12. The van der Waals surface area contributed by atoms with Gasteiger partial charge < -0.3 is 5.32 Å². The van der Waals surface area contributed by atoms with E-state index in [-0.39, 0.29) is 5.78 Å². The molecule has 2 aromatic rings. The third-order valence-corrected chi connectivity index (χ3v) is 4.34. The summed E-state index contributed by atoms with van der Waals surface area (Å²) in [6.45, 7) is 1.06. The molecule has 1 atom stereocenters. The Balaban J connectivity index is 1.87. The second-order valence-corrected chi connectivity index (χ2v) is 5.48. The molecule has 3 heteroatoms. The minimum atomic E-state index is 0.275. The average Bonchev–Trinajstić information content (AvgIpc) is 2.97. The maximum Gasteiger partial charge on any atom is 0.165 e. The maximum absolute atomic E-state index is 12.3. The van der Waals surface area contributed by atoms with Crippen molar-refractivity contribution in [3.8, 4) is 0 Å². The highest BCUT2D eigenvalue weighted by atomic mass is 32.1. The van der Waals surface area contributed by atoms with Crippen LogP contribution in [-0.2, 0) is 0 Å². The number of hydrogen-bond donors (Lipinski definition) is 1. The number of carbonyl (C=O) groups is 1. The Morgan fingerprint density at radius 2 is 2.35 bits per heavy atom. The van der Waals surface area contributed by atoms with Crippen molar-refractivity contribution in [3.05, 3.63) is 35.2 Å². The van der Waals surface area contributed by atoms with Crippen molar-refractivity contribution in [2.45, 2.75) is 25.3 Å². The highest BCUT2D eigenvalue weighted by molar-refractivity contribution is 7.17. The molecular formula is C14H15NOS. The van der Waals surface area contributed by atoms with Gasteiger partial charge in [-0.15, -0.1) is 11.3 Å². The zero-order valence-electron chi connectivity index (χ0n) is 9.61. The summed E-state index contributed by atoms with van der Waals surface area (Å²) in [6, 6.07) is 8.46. The second-order valence-electron chi connectivity index (χ2n) is 4.57. The maximum atomic E-state index is 12.3. The van der Waals surface area contributed by atoms with Crippen LogP contribution in [0.3, 0.4) is 0 Å². The van der Waals surface area contributed by atoms with Crippen LogP contribution in [0.2, 0.25) is 0 Å². The van der Waals surface area contributed by atoms with Crippen molar-refractivity contribution in [1.29, 1.82) is 0 Å². The molecule has 0 amide bonds. The van der Waals surface area contributed by atoms with E-state index in [1.807, 2.05) is 12.1 Å². The molecule has 1 unspecified atom stereocenters. The fraction of sp³-hybridized carbons (Fsp3) is 0.357. The van der Waals surface area contributed by atoms with Gasteiger partial charge in [-0.25, -0.2) is 0 Å². The standard InChI is InChI=1S/C14H15NOS/c16-13(9-11-4-2-7-15-11)12-5-1-3-10-6-8-17-14(10)12/h1,3,5-6,8,11,15H,2,4,7,9H2. The topological polar surface area (TPSA) is 29.1 Å². The summed E-state index contributed by atoms with van der Waals surface area (Å²) in [5, 5.41) is 6.61. The molecule has 3 rings (SSSR count). The van der Waals surface area contributed by atoms with Crippen LogP contribution >= 0.6 is 11.3 Å². The van der Waals surface area contributed by atoms with Crippen LogP contribution in [0.15, 0.2) is 29.6 Å². The molecule has 1 fully saturated rings. The van der Waals surface area contributed by atoms with Gasteiger partial charge in [0, 0.05) is 22.7 Å². The van der Waals surface area contributed by atoms with Crippen LogP contribution in [0.4, 0.5) is 0 Å². The van der Waals surface area contributed by atoms with Gasteiger partial charge in [0.2, 0.25) is 0 Å². The van der Waals surface area contributed by atoms with Crippen molar-refractivity contribution in [3.63, 3.8) is 0 Å². The lowest BCUT2D eigenvalue weighted by Gasteiger charge is -2.09. The molecule has 1 aromatic carbocycles. The highest BCUT2D eigenvalue weighted by Crippen LogP contribution is 2.26. The first kappa shape index (κ1) is 10.9. The predicted octanol–water partition coefficient (Wildman–Crippen LogP) is 3.23. The fourth-order valence-electron chi connectivity index (χ4n) is 2.48. The lowest BCUT2D eigenvalue weighted by molar-refractivity contribution is 0.0973. The first-order valence-corrected chi connectivity index (χ1v) is 6.95. The number of thiophene rings is 1. The van der Waals surface area contributed by atoms with Gasteiger partial charge in [0.05, 0.1) is 0 Å². The number of Topliss-reactive ketones (excluding diaryl/α,β-unsaturated/α-hetero) is 1. The smallest absolute Gasteiger partial charge is 0.165 e. The largest absolute Gasteiger partial charge is 0.314 e. The highest BCUT2D eigenvalue weighted by Gasteiger charge is 2.19. The van der Waals surface area contributed by atoms with Gasteiger partial charge in [-0.3, -0.25) is 4.79 Å². The molecule has 88 valence electrons. The number of hydrogen-bond acceptors (Lipinski definition) is 3. The molecule has 1 aliphatic rings. The summed E-state index contributed by atoms with van der Waals surface area (Å²) in [6.07, 6.45) is 2.96. The van der Waals surface area contributed by atoms with Gasteiger partial charge in [0.15, 0.2) is 5.78 Å². The number of benzene rings is 1. The molecular weight excluding hydrogens is 230 g/mol. The van der Waals surface area contributed by atoms with Crippen LogP contribution < -0.4 is 5.32 Å². The molecule has 2 nitrogen and oxygen atoms in total. The fourth-order valence-corrected chi connectivity index (χ4v) is 3.41. The Bertz CT molecular complexity index is 540. The Labute approximate surface area is 105 Å². The summed E-state index contributed by atoms with van der Waals surface area (Å²) in [5.41, 5.74) is 0.895. The number of carbonyl (C=O) groups excluding carboxylic acids is 1. The van der Waals surface area contributed by atoms with E-state index >= 15 is 0 Å². The van der Waals surface area contributed by atoms with E-state index in [0.717, 1.165) is 23.2 Å². The number of rotatable bonds is 3. The van der Waals surface area contributed by atoms with Crippen molar-refractivity contribution in [2.24, 2.45) is 0 Å². The van der Waals surface area contributed by atoms with Crippen LogP contribution in [0.5, 0.6) is 0 Å². The Kier molecular flexibility index (Phi) is 2.95. The van der Waals surface area contributed by atoms with Crippen LogP contribution in [0.1, 0.15) is 29.6 Å². The third-order valence-electron chi connectivity index (χ3n) is 3.37. The van der Waals surface area contributed by atoms with Gasteiger partial charge in [0.25, 0.3) is 0 Å². The predicted molar refractivity (Wildman–Crippen MR) is 71.8 cm³/mol. The summed E-state index contributed by atoms with van der Waals surface area (Å²) in [7, 11) is 0. The molecule has 2 heterocycles. The van der Waals surface area contributed by atoms with Crippen molar-refractivity contribution >= 4 is 27.2 Å². The van der Waals surface area contributed by atoms with Gasteiger partial charge in [-0.05, 0) is 42.3 Å². The van der Waals surface area contributed by atoms with Crippen LogP contribution in [0.25, 0.3) is 10.1 Å². The molecule has 17 heavy (non-hydrogen) atoms. The van der Waals surface area contributed by atoms with Crippen LogP contribution in [-0.4, -0.2) is 18.4 Å². The molecule has 0 spiro atoms. The summed E-state index contributed by atoms with van der Waals surface area (Å²) < 4.78 is 1.13. The Hall–Kier alpha value is -1.19. The van der Waals surface area contributed by atoms with E-state index in [1.165, 1.54) is 11.8 Å². The third kappa shape index (κ3) is 2.13. The van der Waals surface area contributed by atoms with E-state index in [0.29, 0.717) is 12.5 Å². The van der Waals surface area contributed by atoms with Crippen molar-refractivity contribution in [1.82, 2.24) is 5.32 Å². The second kappa shape index (κ2) is 4.59. The molecule has 1 aliphatic heterocycles. The first-order valence-electron chi connectivity index (χ1n) is 6.07. The van der Waals surface area contributed by atoms with E-state index in [9.17, 15) is 4.79 Å². The van der Waals surface area contributed by atoms with E-state index in [4.69, 9.17) is 0 Å². The molecule has 1 saturated heterocycles. The lowest BCUT2D eigenvalue weighted by atomic mass is 10.0. The minimum Gasteiger partial charge on any atom is -0.314 e. The summed E-state index contributed by atoms with van der Waals surface area (Å²) in [5.74, 6) is 0.275. The van der Waals surface area contributed by atoms with Crippen molar-refractivity contribution in [2.75, 3.05) is 6.54 Å². The molecule has 0 bridgehead atoms. The minimum absolute atomic E-state index is 0.275. The zero-order valence-corrected chi connectivity index (χ0v) is 10.4. The average molecular weight is 245 g/mol.